The fourth-order valence-electron chi connectivity index (χ4n) is 6.53. The first kappa shape index (κ1) is 29.7. The molecule has 0 radical (unpaired) electrons. The Labute approximate surface area is 251 Å². The number of hydrogen-bond acceptors (Lipinski definition) is 6. The van der Waals surface area contributed by atoms with Crippen molar-refractivity contribution in [3.05, 3.63) is 64.5 Å². The smallest absolute Gasteiger partial charge is 0.303 e. The van der Waals surface area contributed by atoms with E-state index in [1.165, 1.54) is 25.6 Å². The molecule has 11 heteroatoms. The molecule has 6 rings (SSSR count). The average molecular weight is 609 g/mol. The highest BCUT2D eigenvalue weighted by molar-refractivity contribution is 7.87. The van der Waals surface area contributed by atoms with E-state index in [9.17, 15) is 22.4 Å². The largest absolute Gasteiger partial charge is 0.379 e. The van der Waals surface area contributed by atoms with Gasteiger partial charge < -0.3 is 9.30 Å². The molecule has 2 aliphatic heterocycles. The maximum atomic E-state index is 14.6. The number of likely N-dealkylation sites (N-methyl/N-ethyl adjacent to an activating group) is 2. The first-order valence-corrected chi connectivity index (χ1v) is 16.3. The fourth-order valence-corrected chi connectivity index (χ4v) is 7.36. The van der Waals surface area contributed by atoms with Crippen LogP contribution in [0.4, 0.5) is 4.39 Å². The number of ketones is 1. The molecule has 9 nitrogen and oxygen atoms in total. The lowest BCUT2D eigenvalue weighted by Crippen LogP contribution is -2.42. The topological polar surface area (TPSA) is 101 Å². The predicted octanol–water partition coefficient (Wildman–Crippen LogP) is 4.33. The minimum Gasteiger partial charge on any atom is -0.379 e. The number of ether oxygens (including phenoxy) is 1. The van der Waals surface area contributed by atoms with Crippen LogP contribution in [0.25, 0.3) is 28.2 Å². The Bertz CT molecular complexity index is 1720. The van der Waals surface area contributed by atoms with Gasteiger partial charge >= 0.3 is 10.2 Å². The molecule has 0 spiro atoms. The summed E-state index contributed by atoms with van der Waals surface area (Å²) in [7, 11) is -0.876. The Morgan fingerprint density at radius 2 is 1.72 bits per heavy atom. The van der Waals surface area contributed by atoms with Gasteiger partial charge in [-0.05, 0) is 73.3 Å². The van der Waals surface area contributed by atoms with Crippen molar-refractivity contribution < 1.29 is 27.1 Å². The Balaban J connectivity index is 1.57. The first-order valence-electron chi connectivity index (χ1n) is 14.9. The van der Waals surface area contributed by atoms with Crippen LogP contribution in [0.5, 0.6) is 0 Å². The quantitative estimate of drug-likeness (QED) is 0.442. The van der Waals surface area contributed by atoms with Gasteiger partial charge in [0.15, 0.2) is 5.78 Å². The first-order chi connectivity index (χ1) is 20.6. The minimum absolute atomic E-state index is 0.0585. The predicted molar refractivity (Wildman–Crippen MR) is 163 cm³/mol. The Morgan fingerprint density at radius 1 is 0.953 bits per heavy atom. The zero-order valence-corrected chi connectivity index (χ0v) is 25.4. The third kappa shape index (κ3) is 5.91. The molecule has 1 fully saturated rings. The molecule has 1 saturated carbocycles. The second-order valence-electron chi connectivity index (χ2n) is 11.8. The van der Waals surface area contributed by atoms with Crippen LogP contribution in [0.3, 0.4) is 0 Å². The zero-order valence-electron chi connectivity index (χ0n) is 24.6. The standard InChI is InChI=1S/C32H37FN4O5S/c1-35-12-14-42-15-13-36(2)43(40,41)34-32(39)22-8-10-27-28(18-22)37-19-24(29(38)20-35)16-23-17-25(33)9-11-26(23)31(37)30(27)21-6-4-3-5-7-21/h8-11,16-18,21H,3-7,12-15,19-20H2,1-2H3,(H,34,39). The van der Waals surface area contributed by atoms with Gasteiger partial charge in [-0.3, -0.25) is 14.5 Å². The number of nitrogens with zero attached hydrogens (tertiary/aromatic N) is 3. The number of fused-ring (bicyclic) bond motifs is 4. The van der Waals surface area contributed by atoms with Crippen molar-refractivity contribution in [1.82, 2.24) is 18.5 Å². The van der Waals surface area contributed by atoms with E-state index in [4.69, 9.17) is 4.74 Å². The summed E-state index contributed by atoms with van der Waals surface area (Å²) in [5, 5.41) is 0.964. The van der Waals surface area contributed by atoms with Crippen molar-refractivity contribution >= 4 is 38.9 Å². The highest BCUT2D eigenvalue weighted by atomic mass is 32.2. The Hall–Kier alpha value is -3.38. The lowest BCUT2D eigenvalue weighted by molar-refractivity contribution is -0.116. The average Bonchev–Trinajstić information content (AvgIpc) is 3.19. The van der Waals surface area contributed by atoms with Gasteiger partial charge in [-0.15, -0.1) is 0 Å². The lowest BCUT2D eigenvalue weighted by Gasteiger charge is -2.24. The van der Waals surface area contributed by atoms with Crippen LogP contribution in [0.1, 0.15) is 59.5 Å². The summed E-state index contributed by atoms with van der Waals surface area (Å²) in [6.07, 6.45) is 7.22. The number of hydrogen-bond donors (Lipinski definition) is 1. The van der Waals surface area contributed by atoms with Gasteiger partial charge in [-0.25, -0.2) is 9.11 Å². The summed E-state index contributed by atoms with van der Waals surface area (Å²) in [5.74, 6) is -0.929. The number of amides is 1. The highest BCUT2D eigenvalue weighted by Crippen LogP contribution is 2.46. The molecule has 0 saturated heterocycles. The van der Waals surface area contributed by atoms with Gasteiger partial charge in [0.2, 0.25) is 0 Å². The summed E-state index contributed by atoms with van der Waals surface area (Å²) in [6.45, 7) is 1.34. The van der Waals surface area contributed by atoms with Crippen LogP contribution in [0, 0.1) is 5.82 Å². The summed E-state index contributed by atoms with van der Waals surface area (Å²) < 4.78 is 51.5. The normalized spacial score (nSPS) is 21.2. The second-order valence-corrected chi connectivity index (χ2v) is 13.6. The van der Waals surface area contributed by atoms with Gasteiger partial charge in [-0.1, -0.05) is 25.3 Å². The molecule has 3 aliphatic rings. The van der Waals surface area contributed by atoms with E-state index in [2.05, 4.69) is 9.29 Å². The third-order valence-corrected chi connectivity index (χ3v) is 10.3. The van der Waals surface area contributed by atoms with E-state index in [0.717, 1.165) is 57.7 Å². The summed E-state index contributed by atoms with van der Waals surface area (Å²) in [6, 6.07) is 9.96. The summed E-state index contributed by atoms with van der Waals surface area (Å²) >= 11 is 0. The van der Waals surface area contributed by atoms with E-state index in [1.54, 1.807) is 24.3 Å². The molecule has 1 aliphatic carbocycles. The van der Waals surface area contributed by atoms with Gasteiger partial charge in [0.25, 0.3) is 5.91 Å². The van der Waals surface area contributed by atoms with E-state index < -0.39 is 16.1 Å². The molecule has 3 aromatic rings. The van der Waals surface area contributed by atoms with E-state index in [0.29, 0.717) is 24.3 Å². The van der Waals surface area contributed by atoms with Gasteiger partial charge in [-0.2, -0.15) is 12.7 Å². The number of carbonyl (C=O) groups is 2. The Morgan fingerprint density at radius 3 is 2.51 bits per heavy atom. The summed E-state index contributed by atoms with van der Waals surface area (Å²) in [4.78, 5) is 28.9. The van der Waals surface area contributed by atoms with Gasteiger partial charge in [0.1, 0.15) is 5.82 Å². The molecule has 1 aromatic heterocycles. The molecule has 2 aromatic carbocycles. The van der Waals surface area contributed by atoms with Crippen molar-refractivity contribution in [2.75, 3.05) is 46.9 Å². The van der Waals surface area contributed by atoms with E-state index >= 15 is 0 Å². The van der Waals surface area contributed by atoms with Crippen molar-refractivity contribution in [2.24, 2.45) is 0 Å². The molecule has 0 atom stereocenters. The molecule has 3 heterocycles. The number of nitrogens with one attached hydrogen (secondary N) is 1. The lowest BCUT2D eigenvalue weighted by atomic mass is 9.81. The zero-order chi connectivity index (χ0) is 30.3. The molecular weight excluding hydrogens is 571 g/mol. The fraction of sp³-hybridized carbons (Fsp3) is 0.438. The molecule has 43 heavy (non-hydrogen) atoms. The van der Waals surface area contributed by atoms with Crippen molar-refractivity contribution in [2.45, 2.75) is 44.6 Å². The molecular formula is C32H37FN4O5S. The third-order valence-electron chi connectivity index (χ3n) is 8.88. The highest BCUT2D eigenvalue weighted by Gasteiger charge is 2.31. The van der Waals surface area contributed by atoms with Crippen LogP contribution in [-0.2, 0) is 26.3 Å². The number of halogens is 1. The molecule has 0 unspecified atom stereocenters. The van der Waals surface area contributed by atoms with Crippen LogP contribution >= 0.6 is 0 Å². The van der Waals surface area contributed by atoms with Gasteiger partial charge in [0.05, 0.1) is 32.0 Å². The Kier molecular flexibility index (Phi) is 8.25. The van der Waals surface area contributed by atoms with Crippen LogP contribution in [-0.4, -0.2) is 80.8 Å². The van der Waals surface area contributed by atoms with Gasteiger partial charge in [0, 0.05) is 47.7 Å². The second kappa shape index (κ2) is 12.0. The number of rotatable bonds is 1. The molecule has 228 valence electrons. The monoisotopic (exact) mass is 608 g/mol. The number of benzene rings is 2. The maximum Gasteiger partial charge on any atom is 0.303 e. The van der Waals surface area contributed by atoms with E-state index in [-0.39, 0.29) is 49.3 Å². The molecule has 1 N–H and O–H groups in total. The summed E-state index contributed by atoms with van der Waals surface area (Å²) in [5.41, 5.74) is 5.02. The molecule has 4 bridgehead atoms. The minimum atomic E-state index is -4.10. The number of aromatic nitrogens is 1. The van der Waals surface area contributed by atoms with Crippen LogP contribution in [0.15, 0.2) is 42.0 Å². The van der Waals surface area contributed by atoms with E-state index in [1.807, 2.05) is 18.0 Å². The van der Waals surface area contributed by atoms with Crippen molar-refractivity contribution in [1.29, 1.82) is 0 Å². The SMILES string of the molecule is CN1CCOCCN(C)S(=O)(=O)NC(=O)c2ccc3c(C4CCCCC4)c4n(c3c2)CC(=Cc2cc(F)ccc2-4)C(=O)C1. The maximum absolute atomic E-state index is 14.6. The number of Topliss-reactive ketones (excluding diaryl/α,β-unsaturated/α-hetero) is 1. The van der Waals surface area contributed by atoms with Crippen LogP contribution < -0.4 is 4.72 Å². The van der Waals surface area contributed by atoms with Crippen molar-refractivity contribution in [3.8, 4) is 11.3 Å². The molecule has 1 amide bonds. The number of carbonyl (C=O) groups excluding carboxylic acids is 2. The van der Waals surface area contributed by atoms with Crippen molar-refractivity contribution in [3.63, 3.8) is 0 Å². The van der Waals surface area contributed by atoms with Crippen LogP contribution in [0.2, 0.25) is 0 Å².